The van der Waals surface area contributed by atoms with Gasteiger partial charge in [0.05, 0.1) is 0 Å². The van der Waals surface area contributed by atoms with Gasteiger partial charge in [0.25, 0.3) is 0 Å². The molecule has 0 aromatic rings. The summed E-state index contributed by atoms with van der Waals surface area (Å²) in [5, 5.41) is 21.5. The normalized spacial score (nSPS) is 3.86. The zero-order valence-electron chi connectivity index (χ0n) is 6.18. The van der Waals surface area contributed by atoms with Gasteiger partial charge in [0.15, 0.2) is 0 Å². The van der Waals surface area contributed by atoms with Crippen molar-refractivity contribution in [2.75, 3.05) is 0 Å². The molecule has 0 fully saturated rings. The van der Waals surface area contributed by atoms with E-state index < -0.39 is 7.32 Å². The van der Waals surface area contributed by atoms with Gasteiger partial charge in [-0.2, -0.15) is 0 Å². The van der Waals surface area contributed by atoms with Gasteiger partial charge < -0.3 is 17.9 Å². The second-order valence-corrected chi connectivity index (χ2v) is 0.346. The fraction of sp³-hybridized carbons (Fsp3) is 0. The van der Waals surface area contributed by atoms with E-state index in [9.17, 15) is 0 Å². The summed E-state index contributed by atoms with van der Waals surface area (Å²) in [7, 11) is -2.17. The molecule has 0 heterocycles. The third kappa shape index (κ3) is 52.3. The zero-order valence-corrected chi connectivity index (χ0v) is 7.83. The molecule has 43 valence electrons. The van der Waals surface area contributed by atoms with Gasteiger partial charge in [-0.3, -0.25) is 0 Å². The molecule has 0 bridgehead atoms. The van der Waals surface area contributed by atoms with Crippen LogP contribution >= 0.6 is 0 Å². The molecule has 0 unspecified atom stereocenters. The largest absolute Gasteiger partial charge is 1.00 e. The molecular weight excluding hydrogens is 264 g/mol. The Morgan fingerprint density at radius 3 is 1.14 bits per heavy atom. The maximum absolute atomic E-state index is 7.17. The van der Waals surface area contributed by atoms with Gasteiger partial charge in [-0.05, 0) is 0 Å². The summed E-state index contributed by atoms with van der Waals surface area (Å²) >= 11 is 0. The third-order valence-electron chi connectivity index (χ3n) is 0. The standard InChI is InChI=1S/BH3O3.Li.Lu.Na.2H/c2-1(3)4;;;;;/h2-4H;;;;;/q;+1;;+1;2*-1. The summed E-state index contributed by atoms with van der Waals surface area (Å²) in [6.07, 6.45) is 0. The van der Waals surface area contributed by atoms with Crippen molar-refractivity contribution < 1.29 is 103 Å². The van der Waals surface area contributed by atoms with Crippen LogP contribution in [0.3, 0.4) is 0 Å². The second-order valence-electron chi connectivity index (χ2n) is 0.346. The Morgan fingerprint density at radius 1 is 1.14 bits per heavy atom. The molecule has 0 saturated heterocycles. The predicted molar refractivity (Wildman–Crippen MR) is 14.6 cm³/mol. The number of rotatable bonds is 0. The van der Waals surface area contributed by atoms with Gasteiger partial charge in [0.1, 0.15) is 0 Å². The first kappa shape index (κ1) is 22.6. The van der Waals surface area contributed by atoms with E-state index >= 15 is 0 Å². The van der Waals surface area contributed by atoms with Crippen LogP contribution in [0.1, 0.15) is 2.85 Å². The first-order chi connectivity index (χ1) is 1.73. The molecule has 0 spiro atoms. The average Bonchev–Trinajstić information content (AvgIpc) is 0.811. The summed E-state index contributed by atoms with van der Waals surface area (Å²) < 4.78 is 0. The van der Waals surface area contributed by atoms with Gasteiger partial charge in [-0.1, -0.05) is 0 Å². The summed E-state index contributed by atoms with van der Waals surface area (Å²) in [6.45, 7) is 0. The van der Waals surface area contributed by atoms with Crippen molar-refractivity contribution in [2.24, 2.45) is 0 Å². The van der Waals surface area contributed by atoms with Crippen molar-refractivity contribution in [3.05, 3.63) is 0 Å². The number of hydrogen-bond donors (Lipinski definition) is 3. The molecule has 0 aromatic heterocycles. The molecule has 0 aliphatic heterocycles. The minimum atomic E-state index is -2.17. The van der Waals surface area contributed by atoms with Crippen LogP contribution in [-0.4, -0.2) is 22.4 Å². The average molecular weight is 269 g/mol. The molecule has 0 saturated carbocycles. The quantitative estimate of drug-likeness (QED) is 0.383. The Bertz CT molecular complexity index is 26.5. The van der Waals surface area contributed by atoms with E-state index in [1.807, 2.05) is 0 Å². The predicted octanol–water partition coefficient (Wildman–Crippen LogP) is -7.82. The van der Waals surface area contributed by atoms with Crippen molar-refractivity contribution in [2.45, 2.75) is 0 Å². The van der Waals surface area contributed by atoms with E-state index in [1.165, 1.54) is 0 Å². The summed E-state index contributed by atoms with van der Waals surface area (Å²) in [6, 6.07) is 0. The SMILES string of the molecule is OB(O)O.[H-].[H-].[Li+].[Lu].[Na+]. The van der Waals surface area contributed by atoms with E-state index in [0.29, 0.717) is 0 Å². The smallest absolute Gasteiger partial charge is 1.00 e. The van der Waals surface area contributed by atoms with Crippen molar-refractivity contribution in [3.8, 4) is 0 Å². The Balaban J connectivity index is -0.00000000450. The topological polar surface area (TPSA) is 60.7 Å². The fourth-order valence-electron chi connectivity index (χ4n) is 0. The van der Waals surface area contributed by atoms with Gasteiger partial charge in [0.2, 0.25) is 0 Å². The zero-order chi connectivity index (χ0) is 3.58. The molecule has 7 heteroatoms. The van der Waals surface area contributed by atoms with Crippen molar-refractivity contribution in [1.29, 1.82) is 0 Å². The van der Waals surface area contributed by atoms with Crippen LogP contribution < -0.4 is 48.4 Å². The molecule has 3 N–H and O–H groups in total. The van der Waals surface area contributed by atoms with Gasteiger partial charge in [0, 0.05) is 36.9 Å². The van der Waals surface area contributed by atoms with Crippen molar-refractivity contribution in [1.82, 2.24) is 0 Å². The Morgan fingerprint density at radius 2 is 1.14 bits per heavy atom. The molecule has 1 radical (unpaired) electrons. The summed E-state index contributed by atoms with van der Waals surface area (Å²) in [4.78, 5) is 0. The molecule has 0 amide bonds. The van der Waals surface area contributed by atoms with Gasteiger partial charge in [-0.25, -0.2) is 0 Å². The van der Waals surface area contributed by atoms with E-state index in [1.54, 1.807) is 0 Å². The van der Waals surface area contributed by atoms with Crippen molar-refractivity contribution >= 4 is 7.32 Å². The minimum absolute atomic E-state index is 0. The van der Waals surface area contributed by atoms with Crippen LogP contribution in [0.5, 0.6) is 0 Å². The molecule has 3 nitrogen and oxygen atoms in total. The molecule has 0 aliphatic rings. The maximum atomic E-state index is 7.17. The Kier molecular flexibility index (Phi) is 51.3. The first-order valence-electron chi connectivity index (χ1n) is 0.775. The van der Waals surface area contributed by atoms with E-state index in [2.05, 4.69) is 0 Å². The summed E-state index contributed by atoms with van der Waals surface area (Å²) in [5.41, 5.74) is 0. The van der Waals surface area contributed by atoms with Crippen LogP contribution in [0.15, 0.2) is 0 Å². The monoisotopic (exact) mass is 269 g/mol. The first-order valence-corrected chi connectivity index (χ1v) is 0.775. The van der Waals surface area contributed by atoms with Crippen LogP contribution in [0, 0.1) is 36.9 Å². The Labute approximate surface area is 109 Å². The number of hydrogen-bond acceptors (Lipinski definition) is 3. The van der Waals surface area contributed by atoms with E-state index in [4.69, 9.17) is 15.1 Å². The molecular formula is H5BLiLuNaO3. The fourth-order valence-corrected chi connectivity index (χ4v) is 0. The van der Waals surface area contributed by atoms with Crippen LogP contribution in [0.4, 0.5) is 0 Å². The van der Waals surface area contributed by atoms with E-state index in [0.717, 1.165) is 0 Å². The minimum Gasteiger partial charge on any atom is -1.00 e. The summed E-state index contributed by atoms with van der Waals surface area (Å²) in [5.74, 6) is 0. The van der Waals surface area contributed by atoms with Gasteiger partial charge >= 0.3 is 55.7 Å². The van der Waals surface area contributed by atoms with E-state index in [-0.39, 0.29) is 88.1 Å². The third-order valence-corrected chi connectivity index (χ3v) is 0. The molecule has 0 aromatic carbocycles. The second kappa shape index (κ2) is 15.9. The van der Waals surface area contributed by atoms with Gasteiger partial charge in [-0.15, -0.1) is 0 Å². The maximum Gasteiger partial charge on any atom is 1.00 e. The van der Waals surface area contributed by atoms with Crippen LogP contribution in [0.25, 0.3) is 0 Å². The molecule has 0 rings (SSSR count). The van der Waals surface area contributed by atoms with Crippen LogP contribution in [0.2, 0.25) is 0 Å². The molecule has 7 heavy (non-hydrogen) atoms. The molecule has 0 aliphatic carbocycles. The van der Waals surface area contributed by atoms with Crippen molar-refractivity contribution in [3.63, 3.8) is 0 Å². The van der Waals surface area contributed by atoms with Crippen LogP contribution in [-0.2, 0) is 0 Å². The molecule has 0 atom stereocenters. The Hall–Kier alpha value is 2.78.